The molecule has 0 aliphatic heterocycles. The standard InChI is InChI=1S/C27H27Cl2FN2O2S/c1-2-31-27(34)25(15-19-8-4-3-5-9-19)32(16-21-10-6-7-11-24(21)30)26(33)18-35-17-20-12-13-22(28)23(29)14-20/h3-14,25H,2,15-18H2,1H3,(H,31,34). The first-order valence-corrected chi connectivity index (χ1v) is 13.2. The average Bonchev–Trinajstić information content (AvgIpc) is 2.85. The van der Waals surface area contributed by atoms with Gasteiger partial charge in [-0.15, -0.1) is 11.8 Å². The maximum absolute atomic E-state index is 14.5. The van der Waals surface area contributed by atoms with Crippen LogP contribution in [0.2, 0.25) is 10.0 Å². The molecule has 0 radical (unpaired) electrons. The molecular weight excluding hydrogens is 506 g/mol. The van der Waals surface area contributed by atoms with Crippen molar-refractivity contribution in [3.05, 3.63) is 105 Å². The van der Waals surface area contributed by atoms with E-state index in [9.17, 15) is 14.0 Å². The fourth-order valence-corrected chi connectivity index (χ4v) is 4.80. The van der Waals surface area contributed by atoms with Gasteiger partial charge in [-0.1, -0.05) is 77.8 Å². The summed E-state index contributed by atoms with van der Waals surface area (Å²) in [7, 11) is 0. The third-order valence-corrected chi connectivity index (χ3v) is 7.13. The maximum atomic E-state index is 14.5. The number of hydrogen-bond acceptors (Lipinski definition) is 3. The quantitative estimate of drug-likeness (QED) is 0.322. The third kappa shape index (κ3) is 7.99. The van der Waals surface area contributed by atoms with Crippen LogP contribution in [0, 0.1) is 5.82 Å². The molecular formula is C27H27Cl2FN2O2S. The molecule has 1 atom stereocenters. The number of rotatable bonds is 11. The Morgan fingerprint density at radius 3 is 2.37 bits per heavy atom. The van der Waals surface area contributed by atoms with Crippen LogP contribution in [0.1, 0.15) is 23.6 Å². The molecule has 0 spiro atoms. The highest BCUT2D eigenvalue weighted by atomic mass is 35.5. The summed E-state index contributed by atoms with van der Waals surface area (Å²) in [5.74, 6) is -0.260. The highest BCUT2D eigenvalue weighted by Crippen LogP contribution is 2.25. The summed E-state index contributed by atoms with van der Waals surface area (Å²) < 4.78 is 14.5. The molecule has 3 rings (SSSR count). The van der Waals surface area contributed by atoms with Crippen LogP contribution in [-0.2, 0) is 28.3 Å². The summed E-state index contributed by atoms with van der Waals surface area (Å²) in [5.41, 5.74) is 2.21. The molecule has 4 nitrogen and oxygen atoms in total. The van der Waals surface area contributed by atoms with Gasteiger partial charge in [0.05, 0.1) is 15.8 Å². The molecule has 2 amide bonds. The van der Waals surface area contributed by atoms with Crippen LogP contribution < -0.4 is 5.32 Å². The van der Waals surface area contributed by atoms with Gasteiger partial charge in [0.15, 0.2) is 0 Å². The molecule has 0 heterocycles. The summed E-state index contributed by atoms with van der Waals surface area (Å²) in [6.45, 7) is 2.25. The van der Waals surface area contributed by atoms with Crippen molar-refractivity contribution in [2.75, 3.05) is 12.3 Å². The van der Waals surface area contributed by atoms with E-state index in [1.165, 1.54) is 22.7 Å². The molecule has 0 aliphatic rings. The fourth-order valence-electron chi connectivity index (χ4n) is 3.62. The SMILES string of the molecule is CCNC(=O)C(Cc1ccccc1)N(Cc1ccccc1F)C(=O)CSCc1ccc(Cl)c(Cl)c1. The zero-order valence-corrected chi connectivity index (χ0v) is 21.7. The van der Waals surface area contributed by atoms with E-state index in [4.69, 9.17) is 23.2 Å². The second kappa shape index (κ2) is 13.5. The van der Waals surface area contributed by atoms with E-state index in [-0.39, 0.29) is 24.1 Å². The van der Waals surface area contributed by atoms with Gasteiger partial charge in [0, 0.05) is 30.8 Å². The number of likely N-dealkylation sites (N-methyl/N-ethyl adjacent to an activating group) is 1. The van der Waals surface area contributed by atoms with Crippen molar-refractivity contribution < 1.29 is 14.0 Å². The molecule has 1 N–H and O–H groups in total. The summed E-state index contributed by atoms with van der Waals surface area (Å²) >= 11 is 13.5. The molecule has 0 aromatic heterocycles. The number of hydrogen-bond donors (Lipinski definition) is 1. The molecule has 3 aromatic carbocycles. The van der Waals surface area contributed by atoms with Crippen LogP contribution in [0.25, 0.3) is 0 Å². The Morgan fingerprint density at radius 1 is 0.971 bits per heavy atom. The first-order chi connectivity index (χ1) is 16.9. The van der Waals surface area contributed by atoms with E-state index >= 15 is 0 Å². The predicted octanol–water partition coefficient (Wildman–Crippen LogP) is 6.14. The van der Waals surface area contributed by atoms with Gasteiger partial charge >= 0.3 is 0 Å². The van der Waals surface area contributed by atoms with Crippen LogP contribution in [0.3, 0.4) is 0 Å². The van der Waals surface area contributed by atoms with Gasteiger partial charge < -0.3 is 10.2 Å². The second-order valence-electron chi connectivity index (χ2n) is 7.95. The number of benzene rings is 3. The first-order valence-electron chi connectivity index (χ1n) is 11.2. The number of carbonyl (C=O) groups excluding carboxylic acids is 2. The van der Waals surface area contributed by atoms with Crippen molar-refractivity contribution in [3.8, 4) is 0 Å². The molecule has 3 aromatic rings. The zero-order chi connectivity index (χ0) is 25.2. The van der Waals surface area contributed by atoms with Crippen LogP contribution in [0.4, 0.5) is 4.39 Å². The molecule has 0 fully saturated rings. The van der Waals surface area contributed by atoms with E-state index < -0.39 is 11.9 Å². The Hall–Kier alpha value is -2.54. The van der Waals surface area contributed by atoms with Crippen molar-refractivity contribution in [3.63, 3.8) is 0 Å². The van der Waals surface area contributed by atoms with Gasteiger partial charge in [-0.05, 0) is 36.2 Å². The van der Waals surface area contributed by atoms with Crippen molar-refractivity contribution in [1.82, 2.24) is 10.2 Å². The molecule has 0 aliphatic carbocycles. The van der Waals surface area contributed by atoms with E-state index in [1.54, 1.807) is 30.3 Å². The normalized spacial score (nSPS) is 11.7. The van der Waals surface area contributed by atoms with Gasteiger partial charge in [0.2, 0.25) is 11.8 Å². The Bertz CT molecular complexity index is 1150. The number of carbonyl (C=O) groups is 2. The van der Waals surface area contributed by atoms with E-state index in [1.807, 2.05) is 43.3 Å². The molecule has 0 saturated carbocycles. The lowest BCUT2D eigenvalue weighted by molar-refractivity contribution is -0.139. The summed E-state index contributed by atoms with van der Waals surface area (Å²) in [4.78, 5) is 28.1. The summed E-state index contributed by atoms with van der Waals surface area (Å²) in [5, 5.41) is 3.76. The fraction of sp³-hybridized carbons (Fsp3) is 0.259. The Morgan fingerprint density at radius 2 is 1.69 bits per heavy atom. The van der Waals surface area contributed by atoms with Crippen molar-refractivity contribution in [1.29, 1.82) is 0 Å². The molecule has 8 heteroatoms. The molecule has 184 valence electrons. The Kier molecular flexibility index (Phi) is 10.5. The highest BCUT2D eigenvalue weighted by Gasteiger charge is 2.30. The molecule has 0 saturated heterocycles. The lowest BCUT2D eigenvalue weighted by atomic mass is 10.0. The van der Waals surface area contributed by atoms with Crippen LogP contribution in [0.15, 0.2) is 72.8 Å². The Labute approximate surface area is 219 Å². The molecule has 1 unspecified atom stereocenters. The largest absolute Gasteiger partial charge is 0.355 e. The number of thioether (sulfide) groups is 1. The van der Waals surface area contributed by atoms with Crippen molar-refractivity contribution in [2.24, 2.45) is 0 Å². The minimum Gasteiger partial charge on any atom is -0.355 e. The number of nitrogens with one attached hydrogen (secondary N) is 1. The lowest BCUT2D eigenvalue weighted by Gasteiger charge is -2.31. The lowest BCUT2D eigenvalue weighted by Crippen LogP contribution is -2.51. The van der Waals surface area contributed by atoms with Crippen LogP contribution in [-0.4, -0.2) is 35.1 Å². The molecule has 35 heavy (non-hydrogen) atoms. The van der Waals surface area contributed by atoms with E-state index in [0.717, 1.165) is 11.1 Å². The first kappa shape index (κ1) is 27.1. The number of halogens is 3. The predicted molar refractivity (Wildman–Crippen MR) is 142 cm³/mol. The van der Waals surface area contributed by atoms with Gasteiger partial charge in [-0.25, -0.2) is 4.39 Å². The van der Waals surface area contributed by atoms with Crippen LogP contribution >= 0.6 is 35.0 Å². The number of amides is 2. The third-order valence-electron chi connectivity index (χ3n) is 5.40. The molecule has 0 bridgehead atoms. The summed E-state index contributed by atoms with van der Waals surface area (Å²) in [6.07, 6.45) is 0.324. The van der Waals surface area contributed by atoms with Gasteiger partial charge in [-0.2, -0.15) is 0 Å². The van der Waals surface area contributed by atoms with Gasteiger partial charge in [0.1, 0.15) is 11.9 Å². The smallest absolute Gasteiger partial charge is 0.243 e. The van der Waals surface area contributed by atoms with Gasteiger partial charge in [0.25, 0.3) is 0 Å². The van der Waals surface area contributed by atoms with Crippen molar-refractivity contribution >= 4 is 46.8 Å². The van der Waals surface area contributed by atoms with E-state index in [2.05, 4.69) is 5.32 Å². The second-order valence-corrected chi connectivity index (χ2v) is 9.75. The average molecular weight is 533 g/mol. The Balaban J connectivity index is 1.83. The minimum absolute atomic E-state index is 0.00647. The topological polar surface area (TPSA) is 49.4 Å². The maximum Gasteiger partial charge on any atom is 0.243 e. The van der Waals surface area contributed by atoms with Crippen molar-refractivity contribution in [2.45, 2.75) is 31.7 Å². The minimum atomic E-state index is -0.782. The van der Waals surface area contributed by atoms with Crippen LogP contribution in [0.5, 0.6) is 0 Å². The van der Waals surface area contributed by atoms with Gasteiger partial charge in [-0.3, -0.25) is 9.59 Å². The monoisotopic (exact) mass is 532 g/mol. The highest BCUT2D eigenvalue weighted by molar-refractivity contribution is 7.99. The summed E-state index contributed by atoms with van der Waals surface area (Å²) in [6, 6.07) is 20.4. The number of nitrogens with zero attached hydrogens (tertiary/aromatic N) is 1. The van der Waals surface area contributed by atoms with E-state index in [0.29, 0.717) is 34.3 Å². The zero-order valence-electron chi connectivity index (χ0n) is 19.3.